The number of carbonyl (C=O) groups excluding carboxylic acids is 1. The van der Waals surface area contributed by atoms with Crippen molar-refractivity contribution in [1.82, 2.24) is 24.5 Å². The molecular formula is C18H13BrN6O3. The van der Waals surface area contributed by atoms with Gasteiger partial charge < -0.3 is 9.72 Å². The van der Waals surface area contributed by atoms with Crippen LogP contribution in [0.1, 0.15) is 16.2 Å². The number of imidazole rings is 1. The highest BCUT2D eigenvalue weighted by Crippen LogP contribution is 2.15. The Kier molecular flexibility index (Phi) is 4.62. The van der Waals surface area contributed by atoms with E-state index in [-0.39, 0.29) is 23.8 Å². The van der Waals surface area contributed by atoms with Gasteiger partial charge in [0.2, 0.25) is 0 Å². The number of nitro benzene ring substituents is 1. The van der Waals surface area contributed by atoms with Crippen molar-refractivity contribution in [2.75, 3.05) is 0 Å². The standard InChI is InChI=1S/C18H13BrN6O3/c19-12-1-6-17-21-13(11-23(17)10-12)9-20-18(26)16-7-8-24(22-16)14-2-4-15(5-3-14)25(27)28/h1-8,10-11H,9H2,(H,20,26). The van der Waals surface area contributed by atoms with Gasteiger partial charge in [-0.15, -0.1) is 0 Å². The first-order valence-electron chi connectivity index (χ1n) is 8.21. The Bertz CT molecular complexity index is 1180. The van der Waals surface area contributed by atoms with Crippen molar-refractivity contribution in [2.24, 2.45) is 0 Å². The van der Waals surface area contributed by atoms with Crippen molar-refractivity contribution in [3.8, 4) is 5.69 Å². The molecule has 0 aliphatic carbocycles. The molecule has 0 aliphatic heterocycles. The summed E-state index contributed by atoms with van der Waals surface area (Å²) in [7, 11) is 0. The first-order valence-corrected chi connectivity index (χ1v) is 9.01. The molecule has 1 aromatic carbocycles. The number of hydrogen-bond acceptors (Lipinski definition) is 5. The zero-order valence-electron chi connectivity index (χ0n) is 14.3. The lowest BCUT2D eigenvalue weighted by Gasteiger charge is -2.02. The minimum atomic E-state index is -0.468. The summed E-state index contributed by atoms with van der Waals surface area (Å²) >= 11 is 3.40. The molecule has 0 aliphatic rings. The van der Waals surface area contributed by atoms with Gasteiger partial charge >= 0.3 is 0 Å². The second kappa shape index (κ2) is 7.24. The molecule has 140 valence electrons. The SMILES string of the molecule is O=C(NCc1cn2cc(Br)ccc2n1)c1ccn(-c2ccc([N+](=O)[O-])cc2)n1. The van der Waals surface area contributed by atoms with Crippen LogP contribution in [0.5, 0.6) is 0 Å². The molecule has 28 heavy (non-hydrogen) atoms. The van der Waals surface area contributed by atoms with Crippen LogP contribution in [0.2, 0.25) is 0 Å². The molecule has 3 heterocycles. The lowest BCUT2D eigenvalue weighted by molar-refractivity contribution is -0.384. The van der Waals surface area contributed by atoms with Gasteiger partial charge in [0.15, 0.2) is 5.69 Å². The monoisotopic (exact) mass is 440 g/mol. The fraction of sp³-hybridized carbons (Fsp3) is 0.0556. The molecule has 0 bridgehead atoms. The molecule has 3 aromatic heterocycles. The van der Waals surface area contributed by atoms with Gasteiger partial charge in [0, 0.05) is 35.2 Å². The van der Waals surface area contributed by atoms with Crippen LogP contribution in [-0.4, -0.2) is 30.0 Å². The van der Waals surface area contributed by atoms with E-state index in [1.54, 1.807) is 24.4 Å². The van der Waals surface area contributed by atoms with Crippen molar-refractivity contribution >= 4 is 33.2 Å². The molecule has 4 aromatic rings. The van der Waals surface area contributed by atoms with E-state index >= 15 is 0 Å². The van der Waals surface area contributed by atoms with Gasteiger partial charge in [-0.25, -0.2) is 9.67 Å². The Hall–Kier alpha value is -3.53. The maximum absolute atomic E-state index is 12.4. The molecule has 1 amide bonds. The molecule has 0 radical (unpaired) electrons. The molecule has 0 saturated carbocycles. The summed E-state index contributed by atoms with van der Waals surface area (Å²) in [4.78, 5) is 27.1. The van der Waals surface area contributed by atoms with Crippen molar-refractivity contribution in [1.29, 1.82) is 0 Å². The quantitative estimate of drug-likeness (QED) is 0.378. The third kappa shape index (κ3) is 3.62. The number of non-ortho nitro benzene ring substituents is 1. The summed E-state index contributed by atoms with van der Waals surface area (Å²) in [5.41, 5.74) is 2.37. The zero-order valence-corrected chi connectivity index (χ0v) is 15.9. The summed E-state index contributed by atoms with van der Waals surface area (Å²) in [5, 5.41) is 17.7. The summed E-state index contributed by atoms with van der Waals surface area (Å²) in [6.45, 7) is 0.266. The zero-order chi connectivity index (χ0) is 19.7. The predicted molar refractivity (Wildman–Crippen MR) is 104 cm³/mol. The Labute approximate surface area is 166 Å². The van der Waals surface area contributed by atoms with Crippen LogP contribution >= 0.6 is 15.9 Å². The van der Waals surface area contributed by atoms with E-state index in [0.717, 1.165) is 15.8 Å². The van der Waals surface area contributed by atoms with E-state index < -0.39 is 4.92 Å². The van der Waals surface area contributed by atoms with Gasteiger partial charge in [0.05, 0.1) is 22.8 Å². The molecule has 10 heteroatoms. The van der Waals surface area contributed by atoms with Gasteiger partial charge in [-0.3, -0.25) is 14.9 Å². The molecule has 4 rings (SSSR count). The van der Waals surface area contributed by atoms with Crippen LogP contribution in [0.25, 0.3) is 11.3 Å². The van der Waals surface area contributed by atoms with Crippen LogP contribution in [0.3, 0.4) is 0 Å². The van der Waals surface area contributed by atoms with Crippen LogP contribution in [-0.2, 0) is 6.54 Å². The largest absolute Gasteiger partial charge is 0.345 e. The third-order valence-corrected chi connectivity index (χ3v) is 4.51. The fourth-order valence-electron chi connectivity index (χ4n) is 2.68. The maximum Gasteiger partial charge on any atom is 0.272 e. The minimum absolute atomic E-state index is 0.00615. The highest BCUT2D eigenvalue weighted by atomic mass is 79.9. The van der Waals surface area contributed by atoms with Crippen molar-refractivity contribution < 1.29 is 9.72 Å². The molecule has 0 spiro atoms. The summed E-state index contributed by atoms with van der Waals surface area (Å²) in [6, 6.07) is 11.3. The molecule has 9 nitrogen and oxygen atoms in total. The average Bonchev–Trinajstić information content (AvgIpc) is 3.33. The van der Waals surface area contributed by atoms with Crippen LogP contribution in [0.4, 0.5) is 5.69 Å². The second-order valence-electron chi connectivity index (χ2n) is 5.95. The Morgan fingerprint density at radius 2 is 1.93 bits per heavy atom. The Morgan fingerprint density at radius 1 is 1.14 bits per heavy atom. The van der Waals surface area contributed by atoms with Crippen molar-refractivity contribution in [2.45, 2.75) is 6.54 Å². The number of rotatable bonds is 5. The smallest absolute Gasteiger partial charge is 0.272 e. The van der Waals surface area contributed by atoms with Gasteiger partial charge in [-0.2, -0.15) is 5.10 Å². The summed E-state index contributed by atoms with van der Waals surface area (Å²) < 4.78 is 4.29. The second-order valence-corrected chi connectivity index (χ2v) is 6.86. The minimum Gasteiger partial charge on any atom is -0.345 e. The lowest BCUT2D eigenvalue weighted by atomic mass is 10.3. The van der Waals surface area contributed by atoms with Crippen LogP contribution in [0, 0.1) is 10.1 Å². The number of carbonyl (C=O) groups is 1. The van der Waals surface area contributed by atoms with Crippen LogP contribution < -0.4 is 5.32 Å². The molecule has 0 fully saturated rings. The fourth-order valence-corrected chi connectivity index (χ4v) is 3.03. The number of benzene rings is 1. The van der Waals surface area contributed by atoms with E-state index in [2.05, 4.69) is 31.3 Å². The van der Waals surface area contributed by atoms with E-state index in [1.165, 1.54) is 16.8 Å². The number of hydrogen-bond donors (Lipinski definition) is 1. The maximum atomic E-state index is 12.4. The number of nitrogens with zero attached hydrogens (tertiary/aromatic N) is 5. The number of nitro groups is 1. The number of halogens is 1. The normalized spacial score (nSPS) is 10.9. The van der Waals surface area contributed by atoms with Gasteiger partial charge in [-0.05, 0) is 46.3 Å². The topological polar surface area (TPSA) is 107 Å². The lowest BCUT2D eigenvalue weighted by Crippen LogP contribution is -2.23. The first-order chi connectivity index (χ1) is 13.5. The van der Waals surface area contributed by atoms with Gasteiger partial charge in [-0.1, -0.05) is 0 Å². The number of pyridine rings is 1. The predicted octanol–water partition coefficient (Wildman–Crippen LogP) is 3.12. The molecule has 0 saturated heterocycles. The first kappa shape index (κ1) is 17.9. The third-order valence-electron chi connectivity index (χ3n) is 4.04. The van der Waals surface area contributed by atoms with Gasteiger partial charge in [0.25, 0.3) is 11.6 Å². The number of fused-ring (bicyclic) bond motifs is 1. The van der Waals surface area contributed by atoms with Crippen molar-refractivity contribution in [3.05, 3.63) is 87.0 Å². The Morgan fingerprint density at radius 3 is 2.68 bits per heavy atom. The Balaban J connectivity index is 1.44. The van der Waals surface area contributed by atoms with Gasteiger partial charge in [0.1, 0.15) is 5.65 Å². The molecule has 0 unspecified atom stereocenters. The van der Waals surface area contributed by atoms with E-state index in [1.807, 2.05) is 28.9 Å². The summed E-state index contributed by atoms with van der Waals surface area (Å²) in [5.74, 6) is -0.334. The van der Waals surface area contributed by atoms with E-state index in [0.29, 0.717) is 5.69 Å². The highest BCUT2D eigenvalue weighted by Gasteiger charge is 2.12. The molecule has 1 N–H and O–H groups in total. The number of amides is 1. The van der Waals surface area contributed by atoms with Crippen molar-refractivity contribution in [3.63, 3.8) is 0 Å². The van der Waals surface area contributed by atoms with E-state index in [9.17, 15) is 14.9 Å². The van der Waals surface area contributed by atoms with E-state index in [4.69, 9.17) is 0 Å². The molecular weight excluding hydrogens is 428 g/mol. The highest BCUT2D eigenvalue weighted by molar-refractivity contribution is 9.10. The average molecular weight is 441 g/mol. The summed E-state index contributed by atoms with van der Waals surface area (Å²) in [6.07, 6.45) is 5.36. The number of aromatic nitrogens is 4. The number of nitrogens with one attached hydrogen (secondary N) is 1. The van der Waals surface area contributed by atoms with Crippen LogP contribution in [0.15, 0.2) is 65.5 Å². The molecule has 0 atom stereocenters.